The van der Waals surface area contributed by atoms with E-state index in [-0.39, 0.29) is 11.3 Å². The quantitative estimate of drug-likeness (QED) is 0.403. The van der Waals surface area contributed by atoms with Crippen molar-refractivity contribution in [1.29, 1.82) is 0 Å². The number of amides is 1. The van der Waals surface area contributed by atoms with E-state index in [9.17, 15) is 18.0 Å². The summed E-state index contributed by atoms with van der Waals surface area (Å²) in [4.78, 5) is 29.2. The number of rotatable bonds is 6. The van der Waals surface area contributed by atoms with Crippen molar-refractivity contribution >= 4 is 17.4 Å². The Labute approximate surface area is 193 Å². The van der Waals surface area contributed by atoms with Crippen LogP contribution in [0.2, 0.25) is 0 Å². The predicted molar refractivity (Wildman–Crippen MR) is 122 cm³/mol. The van der Waals surface area contributed by atoms with Crippen molar-refractivity contribution in [3.63, 3.8) is 0 Å². The molecule has 0 spiro atoms. The maximum Gasteiger partial charge on any atom is 0.280 e. The summed E-state index contributed by atoms with van der Waals surface area (Å²) in [5.41, 5.74) is 2.26. The third kappa shape index (κ3) is 4.85. The Kier molecular flexibility index (Phi) is 6.48. The van der Waals surface area contributed by atoms with Crippen LogP contribution >= 0.6 is 0 Å². The van der Waals surface area contributed by atoms with Crippen LogP contribution in [0.15, 0.2) is 61.2 Å². The molecular weight excluding hydrogens is 445 g/mol. The third-order valence-corrected chi connectivity index (χ3v) is 5.05. The predicted octanol–water partition coefficient (Wildman–Crippen LogP) is 5.28. The first-order chi connectivity index (χ1) is 16.4. The summed E-state index contributed by atoms with van der Waals surface area (Å²) in [5, 5.41) is 5.40. The molecule has 172 valence electrons. The van der Waals surface area contributed by atoms with Gasteiger partial charge in [-0.25, -0.2) is 23.1 Å². The highest BCUT2D eigenvalue weighted by atomic mass is 19.3. The van der Waals surface area contributed by atoms with Gasteiger partial charge in [-0.3, -0.25) is 14.8 Å². The summed E-state index contributed by atoms with van der Waals surface area (Å²) in [6.07, 6.45) is 3.06. The van der Waals surface area contributed by atoms with Crippen molar-refractivity contribution in [3.8, 4) is 22.5 Å². The van der Waals surface area contributed by atoms with Gasteiger partial charge in [-0.15, -0.1) is 0 Å². The molecule has 0 aliphatic heterocycles. The Balaban J connectivity index is 1.67. The molecule has 7 nitrogen and oxygen atoms in total. The van der Waals surface area contributed by atoms with Crippen molar-refractivity contribution in [2.45, 2.75) is 13.3 Å². The van der Waals surface area contributed by atoms with Gasteiger partial charge < -0.3 is 10.6 Å². The molecule has 4 rings (SSSR count). The van der Waals surface area contributed by atoms with Crippen molar-refractivity contribution in [1.82, 2.24) is 19.9 Å². The minimum atomic E-state index is -2.83. The van der Waals surface area contributed by atoms with E-state index in [1.807, 2.05) is 6.07 Å². The Bertz CT molecular complexity index is 1360. The van der Waals surface area contributed by atoms with Crippen molar-refractivity contribution in [3.05, 3.63) is 83.8 Å². The molecule has 0 fully saturated rings. The Morgan fingerprint density at radius 2 is 1.76 bits per heavy atom. The van der Waals surface area contributed by atoms with Gasteiger partial charge in [-0.1, -0.05) is 0 Å². The van der Waals surface area contributed by atoms with Crippen LogP contribution in [0, 0.1) is 12.7 Å². The zero-order valence-electron chi connectivity index (χ0n) is 18.2. The van der Waals surface area contributed by atoms with Crippen LogP contribution in [0.5, 0.6) is 0 Å². The van der Waals surface area contributed by atoms with Crippen LogP contribution < -0.4 is 10.6 Å². The number of aromatic nitrogens is 4. The fraction of sp³-hybridized carbons (Fsp3) is 0.125. The molecule has 0 bridgehead atoms. The van der Waals surface area contributed by atoms with E-state index in [0.717, 1.165) is 17.8 Å². The number of halogens is 3. The van der Waals surface area contributed by atoms with Gasteiger partial charge in [0.2, 0.25) is 0 Å². The molecule has 1 aromatic carbocycles. The minimum absolute atomic E-state index is 0.0633. The van der Waals surface area contributed by atoms with Gasteiger partial charge in [-0.05, 0) is 48.9 Å². The zero-order valence-corrected chi connectivity index (χ0v) is 18.2. The first-order valence-corrected chi connectivity index (χ1v) is 10.2. The average Bonchev–Trinajstić information content (AvgIpc) is 2.85. The molecule has 2 N–H and O–H groups in total. The standard InChI is InChI=1S/C24H19F3N6O/c1-13-7-17(25)18(33-24(34)15-4-5-30-19(8-15)23(26)27)10-16(13)21-12-29-11-20(32-21)14-3-6-31-22(9-14)28-2/h3-12,23H,1-2H3,(H,28,31)(H,33,34). The van der Waals surface area contributed by atoms with Gasteiger partial charge in [0.1, 0.15) is 17.3 Å². The van der Waals surface area contributed by atoms with Crippen LogP contribution in [0.1, 0.15) is 28.0 Å². The summed E-state index contributed by atoms with van der Waals surface area (Å²) in [7, 11) is 1.76. The summed E-state index contributed by atoms with van der Waals surface area (Å²) in [5.74, 6) is -0.748. The fourth-order valence-electron chi connectivity index (χ4n) is 3.31. The number of alkyl halides is 2. The van der Waals surface area contributed by atoms with E-state index >= 15 is 0 Å². The lowest BCUT2D eigenvalue weighted by Gasteiger charge is -2.12. The molecule has 3 heterocycles. The molecule has 3 aromatic heterocycles. The Hall–Kier alpha value is -4.34. The lowest BCUT2D eigenvalue weighted by atomic mass is 10.0. The topological polar surface area (TPSA) is 92.7 Å². The van der Waals surface area contributed by atoms with Crippen LogP contribution in [-0.4, -0.2) is 32.9 Å². The van der Waals surface area contributed by atoms with Gasteiger partial charge in [0.05, 0.1) is 29.5 Å². The molecule has 0 saturated carbocycles. The van der Waals surface area contributed by atoms with E-state index in [0.29, 0.717) is 28.3 Å². The summed E-state index contributed by atoms with van der Waals surface area (Å²) in [6.45, 7) is 1.71. The summed E-state index contributed by atoms with van der Waals surface area (Å²) in [6, 6.07) is 8.56. The largest absolute Gasteiger partial charge is 0.373 e. The van der Waals surface area contributed by atoms with Gasteiger partial charge in [0, 0.05) is 36.1 Å². The van der Waals surface area contributed by atoms with E-state index < -0.39 is 23.8 Å². The number of hydrogen-bond acceptors (Lipinski definition) is 6. The third-order valence-electron chi connectivity index (χ3n) is 5.05. The minimum Gasteiger partial charge on any atom is -0.373 e. The number of carbonyl (C=O) groups excluding carboxylic acids is 1. The monoisotopic (exact) mass is 464 g/mol. The molecule has 0 atom stereocenters. The molecule has 0 unspecified atom stereocenters. The van der Waals surface area contributed by atoms with Gasteiger partial charge in [-0.2, -0.15) is 0 Å². The lowest BCUT2D eigenvalue weighted by molar-refractivity contribution is 0.102. The zero-order chi connectivity index (χ0) is 24.2. The van der Waals surface area contributed by atoms with Crippen molar-refractivity contribution < 1.29 is 18.0 Å². The molecule has 1 amide bonds. The van der Waals surface area contributed by atoms with E-state index in [2.05, 4.69) is 30.6 Å². The molecule has 0 radical (unpaired) electrons. The van der Waals surface area contributed by atoms with Crippen LogP contribution in [0.4, 0.5) is 24.7 Å². The van der Waals surface area contributed by atoms with Crippen LogP contribution in [0.3, 0.4) is 0 Å². The normalized spacial score (nSPS) is 10.9. The van der Waals surface area contributed by atoms with Crippen molar-refractivity contribution in [2.24, 2.45) is 0 Å². The first-order valence-electron chi connectivity index (χ1n) is 10.2. The molecule has 4 aromatic rings. The number of aryl methyl sites for hydroxylation is 1. The van der Waals surface area contributed by atoms with Crippen LogP contribution in [0.25, 0.3) is 22.5 Å². The molecule has 0 aliphatic carbocycles. The highest BCUT2D eigenvalue weighted by Gasteiger charge is 2.17. The SMILES string of the molecule is CNc1cc(-c2cncc(-c3cc(NC(=O)c4ccnc(C(F)F)c4)c(F)cc3C)n2)ccn1. The van der Waals surface area contributed by atoms with E-state index in [4.69, 9.17) is 0 Å². The average molecular weight is 464 g/mol. The number of hydrogen-bond donors (Lipinski definition) is 2. The summed E-state index contributed by atoms with van der Waals surface area (Å²) >= 11 is 0. The molecule has 34 heavy (non-hydrogen) atoms. The smallest absolute Gasteiger partial charge is 0.280 e. The van der Waals surface area contributed by atoms with Gasteiger partial charge in [0.25, 0.3) is 12.3 Å². The first kappa shape index (κ1) is 22.8. The molecule has 0 aliphatic rings. The second-order valence-corrected chi connectivity index (χ2v) is 7.34. The Morgan fingerprint density at radius 3 is 2.53 bits per heavy atom. The van der Waals surface area contributed by atoms with Crippen molar-refractivity contribution in [2.75, 3.05) is 17.7 Å². The van der Waals surface area contributed by atoms with Gasteiger partial charge in [0.15, 0.2) is 0 Å². The second kappa shape index (κ2) is 9.65. The molecule has 10 heteroatoms. The number of pyridine rings is 2. The van der Waals surface area contributed by atoms with Gasteiger partial charge >= 0.3 is 0 Å². The second-order valence-electron chi connectivity index (χ2n) is 7.34. The summed E-state index contributed by atoms with van der Waals surface area (Å²) < 4.78 is 40.5. The fourth-order valence-corrected chi connectivity index (χ4v) is 3.31. The maximum absolute atomic E-state index is 14.7. The number of nitrogens with zero attached hydrogens (tertiary/aromatic N) is 4. The molecule has 0 saturated heterocycles. The maximum atomic E-state index is 14.7. The number of carbonyl (C=O) groups is 1. The number of nitrogens with one attached hydrogen (secondary N) is 2. The molecular formula is C24H19F3N6O. The highest BCUT2D eigenvalue weighted by Crippen LogP contribution is 2.29. The van der Waals surface area contributed by atoms with Crippen LogP contribution in [-0.2, 0) is 0 Å². The number of anilines is 2. The highest BCUT2D eigenvalue weighted by molar-refractivity contribution is 6.04. The van der Waals surface area contributed by atoms with E-state index in [1.165, 1.54) is 24.4 Å². The number of benzene rings is 1. The van der Waals surface area contributed by atoms with E-state index in [1.54, 1.807) is 32.4 Å². The lowest BCUT2D eigenvalue weighted by Crippen LogP contribution is -2.14. The Morgan fingerprint density at radius 1 is 1.00 bits per heavy atom.